The Morgan fingerprint density at radius 1 is 1.55 bits per heavy atom. The second-order valence-electron chi connectivity index (χ2n) is 5.71. The van der Waals surface area contributed by atoms with Crippen LogP contribution in [0.2, 0.25) is 0 Å². The van der Waals surface area contributed by atoms with Gasteiger partial charge in [0.1, 0.15) is 6.04 Å². The largest absolute Gasteiger partial charge is 0.352 e. The molecule has 1 aliphatic heterocycles. The molecule has 1 aromatic carbocycles. The van der Waals surface area contributed by atoms with E-state index in [4.69, 9.17) is 5.26 Å². The summed E-state index contributed by atoms with van der Waals surface area (Å²) in [4.78, 5) is 14.2. The highest BCUT2D eigenvalue weighted by Crippen LogP contribution is 2.32. The number of halogens is 1. The van der Waals surface area contributed by atoms with Crippen LogP contribution >= 0.6 is 15.9 Å². The predicted octanol–water partition coefficient (Wildman–Crippen LogP) is 2.75. The first-order valence-electron chi connectivity index (χ1n) is 6.57. The minimum Gasteiger partial charge on any atom is -0.352 e. The number of amides is 1. The average Bonchev–Trinajstić information content (AvgIpc) is 2.38. The average molecular weight is 336 g/mol. The summed E-state index contributed by atoms with van der Waals surface area (Å²) in [5.41, 5.74) is 1.86. The fourth-order valence-corrected chi connectivity index (χ4v) is 2.87. The molecule has 0 saturated carbocycles. The first-order valence-corrected chi connectivity index (χ1v) is 7.36. The smallest absolute Gasteiger partial charge is 0.243 e. The van der Waals surface area contributed by atoms with Gasteiger partial charge in [0.2, 0.25) is 5.91 Å². The molecular weight excluding hydrogens is 318 g/mol. The molecule has 1 atom stereocenters. The second-order valence-corrected chi connectivity index (χ2v) is 6.57. The lowest BCUT2D eigenvalue weighted by molar-refractivity contribution is -0.124. The van der Waals surface area contributed by atoms with Gasteiger partial charge in [-0.05, 0) is 44.5 Å². The number of benzene rings is 1. The van der Waals surface area contributed by atoms with Crippen molar-refractivity contribution in [2.45, 2.75) is 38.8 Å². The molecule has 1 N–H and O–H groups in total. The van der Waals surface area contributed by atoms with Gasteiger partial charge >= 0.3 is 0 Å². The van der Waals surface area contributed by atoms with Gasteiger partial charge in [0.05, 0.1) is 18.0 Å². The van der Waals surface area contributed by atoms with E-state index in [9.17, 15) is 4.79 Å². The lowest BCUT2D eigenvalue weighted by Gasteiger charge is -2.48. The zero-order chi connectivity index (χ0) is 14.9. The SMILES string of the molecule is Cc1cc(N2C(CC#N)C(=O)NCC2(C)C)ccc1Br. The summed E-state index contributed by atoms with van der Waals surface area (Å²) >= 11 is 3.49. The number of hydrogen-bond acceptors (Lipinski definition) is 3. The molecule has 4 nitrogen and oxygen atoms in total. The fourth-order valence-electron chi connectivity index (χ4n) is 2.62. The van der Waals surface area contributed by atoms with E-state index in [-0.39, 0.29) is 17.9 Å². The Morgan fingerprint density at radius 3 is 2.85 bits per heavy atom. The Kier molecular flexibility index (Phi) is 4.05. The highest BCUT2D eigenvalue weighted by molar-refractivity contribution is 9.10. The van der Waals surface area contributed by atoms with E-state index >= 15 is 0 Å². The van der Waals surface area contributed by atoms with Crippen molar-refractivity contribution in [2.75, 3.05) is 11.4 Å². The van der Waals surface area contributed by atoms with Gasteiger partial charge in [-0.15, -0.1) is 0 Å². The van der Waals surface area contributed by atoms with Crippen LogP contribution in [0, 0.1) is 18.3 Å². The molecule has 0 bridgehead atoms. The minimum absolute atomic E-state index is 0.0774. The molecule has 0 radical (unpaired) electrons. The van der Waals surface area contributed by atoms with Gasteiger partial charge in [-0.2, -0.15) is 5.26 Å². The fraction of sp³-hybridized carbons (Fsp3) is 0.467. The van der Waals surface area contributed by atoms with E-state index in [2.05, 4.69) is 52.1 Å². The van der Waals surface area contributed by atoms with Crippen LogP contribution in [0.15, 0.2) is 22.7 Å². The Morgan fingerprint density at radius 2 is 2.25 bits per heavy atom. The van der Waals surface area contributed by atoms with Crippen LogP contribution in [0.5, 0.6) is 0 Å². The molecule has 1 aliphatic rings. The summed E-state index contributed by atoms with van der Waals surface area (Å²) in [7, 11) is 0. The third-order valence-electron chi connectivity index (χ3n) is 3.67. The molecule has 1 heterocycles. The highest BCUT2D eigenvalue weighted by atomic mass is 79.9. The van der Waals surface area contributed by atoms with Crippen LogP contribution in [0.4, 0.5) is 5.69 Å². The number of nitriles is 1. The molecule has 1 unspecified atom stereocenters. The predicted molar refractivity (Wildman–Crippen MR) is 82.5 cm³/mol. The summed E-state index contributed by atoms with van der Waals surface area (Å²) in [6.45, 7) is 6.75. The van der Waals surface area contributed by atoms with Crippen LogP contribution in [-0.4, -0.2) is 24.0 Å². The molecule has 0 aromatic heterocycles. The van der Waals surface area contributed by atoms with Gasteiger partial charge in [0.25, 0.3) is 0 Å². The standard InChI is InChI=1S/C15H18BrN3O/c1-10-8-11(4-5-12(10)16)19-13(6-7-17)14(20)18-9-15(19,2)3/h4-5,8,13H,6,9H2,1-3H3,(H,18,20). The quantitative estimate of drug-likeness (QED) is 0.904. The molecule has 5 heteroatoms. The van der Waals surface area contributed by atoms with Crippen molar-refractivity contribution < 1.29 is 4.79 Å². The summed E-state index contributed by atoms with van der Waals surface area (Å²) in [5.74, 6) is -0.0774. The normalized spacial score (nSPS) is 21.2. The lowest BCUT2D eigenvalue weighted by Crippen LogP contribution is -2.65. The lowest BCUT2D eigenvalue weighted by atomic mass is 9.93. The number of carbonyl (C=O) groups is 1. The number of rotatable bonds is 2. The molecule has 1 fully saturated rings. The number of anilines is 1. The van der Waals surface area contributed by atoms with E-state index in [1.807, 2.05) is 19.1 Å². The van der Waals surface area contributed by atoms with E-state index < -0.39 is 6.04 Å². The maximum Gasteiger partial charge on any atom is 0.243 e. The van der Waals surface area contributed by atoms with Gasteiger partial charge in [-0.3, -0.25) is 4.79 Å². The Balaban J connectivity index is 2.48. The molecule has 0 aliphatic carbocycles. The second kappa shape index (κ2) is 5.45. The number of hydrogen-bond donors (Lipinski definition) is 1. The van der Waals surface area contributed by atoms with Crippen LogP contribution in [0.1, 0.15) is 25.8 Å². The molecular formula is C15H18BrN3O. The number of carbonyl (C=O) groups excluding carboxylic acids is 1. The van der Waals surface area contributed by atoms with Crippen LogP contribution in [0.3, 0.4) is 0 Å². The van der Waals surface area contributed by atoms with E-state index in [0.29, 0.717) is 6.54 Å². The molecule has 1 aromatic rings. The monoisotopic (exact) mass is 335 g/mol. The molecule has 106 valence electrons. The van der Waals surface area contributed by atoms with Crippen molar-refractivity contribution in [3.8, 4) is 6.07 Å². The number of piperazine rings is 1. The first kappa shape index (κ1) is 14.9. The van der Waals surface area contributed by atoms with Crippen LogP contribution < -0.4 is 10.2 Å². The Labute approximate surface area is 127 Å². The van der Waals surface area contributed by atoms with Gasteiger partial charge in [0, 0.05) is 16.7 Å². The zero-order valence-electron chi connectivity index (χ0n) is 11.9. The van der Waals surface area contributed by atoms with Gasteiger partial charge in [-0.1, -0.05) is 15.9 Å². The van der Waals surface area contributed by atoms with E-state index in [0.717, 1.165) is 15.7 Å². The van der Waals surface area contributed by atoms with Crippen LogP contribution in [0.25, 0.3) is 0 Å². The molecule has 1 saturated heterocycles. The third-order valence-corrected chi connectivity index (χ3v) is 4.56. The molecule has 0 spiro atoms. The summed E-state index contributed by atoms with van der Waals surface area (Å²) < 4.78 is 1.04. The molecule has 20 heavy (non-hydrogen) atoms. The first-order chi connectivity index (χ1) is 9.36. The maximum absolute atomic E-state index is 12.1. The number of aryl methyl sites for hydroxylation is 1. The zero-order valence-corrected chi connectivity index (χ0v) is 13.5. The van der Waals surface area contributed by atoms with Crippen molar-refractivity contribution in [3.05, 3.63) is 28.2 Å². The van der Waals surface area contributed by atoms with Crippen molar-refractivity contribution in [3.63, 3.8) is 0 Å². The minimum atomic E-state index is -0.440. The summed E-state index contributed by atoms with van der Waals surface area (Å²) in [5, 5.41) is 11.9. The van der Waals surface area contributed by atoms with Crippen molar-refractivity contribution in [1.29, 1.82) is 5.26 Å². The van der Waals surface area contributed by atoms with Gasteiger partial charge in [-0.25, -0.2) is 0 Å². The van der Waals surface area contributed by atoms with E-state index in [1.165, 1.54) is 0 Å². The van der Waals surface area contributed by atoms with Crippen LogP contribution in [-0.2, 0) is 4.79 Å². The van der Waals surface area contributed by atoms with E-state index in [1.54, 1.807) is 0 Å². The topological polar surface area (TPSA) is 56.1 Å². The van der Waals surface area contributed by atoms with Crippen molar-refractivity contribution in [2.24, 2.45) is 0 Å². The van der Waals surface area contributed by atoms with Gasteiger partial charge in [0.15, 0.2) is 0 Å². The Hall–Kier alpha value is -1.54. The molecule has 2 rings (SSSR count). The summed E-state index contributed by atoms with van der Waals surface area (Å²) in [6, 6.07) is 7.70. The molecule has 1 amide bonds. The van der Waals surface area contributed by atoms with Gasteiger partial charge < -0.3 is 10.2 Å². The third kappa shape index (κ3) is 2.66. The number of nitrogens with zero attached hydrogens (tertiary/aromatic N) is 2. The van der Waals surface area contributed by atoms with Crippen molar-refractivity contribution >= 4 is 27.5 Å². The summed E-state index contributed by atoms with van der Waals surface area (Å²) in [6.07, 6.45) is 0.185. The Bertz CT molecular complexity index is 577. The maximum atomic E-state index is 12.1. The highest BCUT2D eigenvalue weighted by Gasteiger charge is 2.41. The van der Waals surface area contributed by atoms with Crippen molar-refractivity contribution in [1.82, 2.24) is 5.32 Å². The number of nitrogens with one attached hydrogen (secondary N) is 1.